The summed E-state index contributed by atoms with van der Waals surface area (Å²) in [6.07, 6.45) is -0.0568. The molecule has 2 aromatic rings. The van der Waals surface area contributed by atoms with Gasteiger partial charge in [-0.05, 0) is 51.1 Å². The molecule has 0 spiro atoms. The Balaban J connectivity index is 1.83. The van der Waals surface area contributed by atoms with Crippen LogP contribution in [0.25, 0.3) is 0 Å². The number of ketones is 2. The third-order valence-corrected chi connectivity index (χ3v) is 4.80. The molecule has 0 bridgehead atoms. The lowest BCUT2D eigenvalue weighted by atomic mass is 10.1. The number of nitrogens with zero attached hydrogens (tertiary/aromatic N) is 1. The second-order valence-electron chi connectivity index (χ2n) is 6.89. The average Bonchev–Trinajstić information content (AvgIpc) is 3.03. The van der Waals surface area contributed by atoms with Crippen molar-refractivity contribution in [2.45, 2.75) is 40.2 Å². The number of carbonyl (C=O) groups is 3. The zero-order valence-electron chi connectivity index (χ0n) is 18.0. The van der Waals surface area contributed by atoms with E-state index in [9.17, 15) is 14.4 Å². The molecule has 0 N–H and O–H groups in total. The van der Waals surface area contributed by atoms with Gasteiger partial charge >= 0.3 is 5.97 Å². The van der Waals surface area contributed by atoms with E-state index in [0.717, 1.165) is 11.4 Å². The van der Waals surface area contributed by atoms with Crippen molar-refractivity contribution < 1.29 is 28.6 Å². The minimum absolute atomic E-state index is 0.0204. The highest BCUT2D eigenvalue weighted by molar-refractivity contribution is 6.00. The molecule has 0 aliphatic carbocycles. The van der Waals surface area contributed by atoms with Gasteiger partial charge in [0.05, 0.1) is 19.6 Å². The van der Waals surface area contributed by atoms with Crippen molar-refractivity contribution in [3.8, 4) is 5.75 Å². The largest absolute Gasteiger partial charge is 0.494 e. The number of esters is 1. The molecule has 0 amide bonds. The second-order valence-corrected chi connectivity index (χ2v) is 6.89. The van der Waals surface area contributed by atoms with Crippen LogP contribution in [-0.2, 0) is 20.8 Å². The highest BCUT2D eigenvalue weighted by atomic mass is 16.5. The van der Waals surface area contributed by atoms with Crippen LogP contribution in [0.2, 0.25) is 0 Å². The van der Waals surface area contributed by atoms with Gasteiger partial charge in [0.15, 0.2) is 12.4 Å². The van der Waals surface area contributed by atoms with Crippen molar-refractivity contribution in [1.29, 1.82) is 0 Å². The predicted molar refractivity (Wildman–Crippen MR) is 112 cm³/mol. The molecule has 1 aromatic carbocycles. The molecule has 162 valence electrons. The summed E-state index contributed by atoms with van der Waals surface area (Å²) >= 11 is 0. The molecule has 1 heterocycles. The van der Waals surface area contributed by atoms with E-state index in [1.54, 1.807) is 37.4 Å². The lowest BCUT2D eigenvalue weighted by Gasteiger charge is -2.09. The quantitative estimate of drug-likeness (QED) is 0.389. The molecule has 0 saturated carbocycles. The second kappa shape index (κ2) is 11.3. The fourth-order valence-corrected chi connectivity index (χ4v) is 3.17. The van der Waals surface area contributed by atoms with Crippen LogP contribution in [0.1, 0.15) is 51.9 Å². The van der Waals surface area contributed by atoms with Gasteiger partial charge < -0.3 is 18.8 Å². The Morgan fingerprint density at radius 3 is 2.33 bits per heavy atom. The van der Waals surface area contributed by atoms with Crippen molar-refractivity contribution >= 4 is 17.5 Å². The van der Waals surface area contributed by atoms with Crippen LogP contribution < -0.4 is 4.74 Å². The van der Waals surface area contributed by atoms with E-state index < -0.39 is 5.97 Å². The van der Waals surface area contributed by atoms with Gasteiger partial charge in [-0.3, -0.25) is 14.4 Å². The van der Waals surface area contributed by atoms with Gasteiger partial charge in [0.2, 0.25) is 5.78 Å². The summed E-state index contributed by atoms with van der Waals surface area (Å²) in [4.78, 5) is 36.7. The summed E-state index contributed by atoms with van der Waals surface area (Å²) in [5, 5.41) is 0. The Labute approximate surface area is 176 Å². The Hall–Kier alpha value is -2.93. The molecule has 0 saturated heterocycles. The van der Waals surface area contributed by atoms with E-state index in [1.165, 1.54) is 0 Å². The molecular weight excluding hydrogens is 386 g/mol. The average molecular weight is 415 g/mol. The first-order valence-electron chi connectivity index (χ1n) is 9.97. The Bertz CT molecular complexity index is 882. The van der Waals surface area contributed by atoms with Crippen molar-refractivity contribution in [2.75, 3.05) is 26.9 Å². The van der Waals surface area contributed by atoms with Crippen LogP contribution in [0.4, 0.5) is 0 Å². The zero-order chi connectivity index (χ0) is 22.1. The maximum atomic E-state index is 12.5. The number of aryl methyl sites for hydroxylation is 1. The van der Waals surface area contributed by atoms with Crippen LogP contribution in [0.3, 0.4) is 0 Å². The third-order valence-electron chi connectivity index (χ3n) is 4.80. The third kappa shape index (κ3) is 6.29. The van der Waals surface area contributed by atoms with Crippen LogP contribution in [-0.4, -0.2) is 49.0 Å². The molecule has 0 aliphatic rings. The summed E-state index contributed by atoms with van der Waals surface area (Å²) in [7, 11) is 1.63. The van der Waals surface area contributed by atoms with Crippen molar-refractivity contribution in [3.63, 3.8) is 0 Å². The predicted octanol–water partition coefficient (Wildman–Crippen LogP) is 3.54. The molecule has 7 nitrogen and oxygen atoms in total. The molecule has 0 fully saturated rings. The number of rotatable bonds is 12. The zero-order valence-corrected chi connectivity index (χ0v) is 18.0. The maximum Gasteiger partial charge on any atom is 0.306 e. The summed E-state index contributed by atoms with van der Waals surface area (Å²) in [6, 6.07) is 8.56. The van der Waals surface area contributed by atoms with Gasteiger partial charge in [0, 0.05) is 42.6 Å². The van der Waals surface area contributed by atoms with Gasteiger partial charge in [-0.1, -0.05) is 0 Å². The molecule has 30 heavy (non-hydrogen) atoms. The van der Waals surface area contributed by atoms with Gasteiger partial charge in [-0.2, -0.15) is 0 Å². The summed E-state index contributed by atoms with van der Waals surface area (Å²) in [5.41, 5.74) is 2.80. The molecule has 0 aliphatic heterocycles. The van der Waals surface area contributed by atoms with E-state index in [4.69, 9.17) is 14.2 Å². The number of carbonyl (C=O) groups excluding carboxylic acids is 3. The number of ether oxygens (including phenoxy) is 3. The summed E-state index contributed by atoms with van der Waals surface area (Å²) < 4.78 is 17.5. The lowest BCUT2D eigenvalue weighted by molar-refractivity contribution is -0.142. The SMILES string of the molecule is CCOc1ccc(C(=O)CCC(=O)OCC(=O)c2cc(C)n(CCOC)c2C)cc1. The maximum absolute atomic E-state index is 12.5. The first kappa shape index (κ1) is 23.3. The molecule has 0 radical (unpaired) electrons. The van der Waals surface area contributed by atoms with Gasteiger partial charge in [0.25, 0.3) is 0 Å². The normalized spacial score (nSPS) is 10.7. The van der Waals surface area contributed by atoms with Gasteiger partial charge in [0.1, 0.15) is 5.75 Å². The van der Waals surface area contributed by atoms with Gasteiger partial charge in [-0.15, -0.1) is 0 Å². The van der Waals surface area contributed by atoms with Gasteiger partial charge in [-0.25, -0.2) is 0 Å². The highest BCUT2D eigenvalue weighted by Crippen LogP contribution is 2.17. The number of Topliss-reactive ketones (excluding diaryl/α,β-unsaturated/α-hetero) is 2. The van der Waals surface area contributed by atoms with Crippen molar-refractivity contribution in [3.05, 3.63) is 52.8 Å². The molecule has 0 unspecified atom stereocenters. The monoisotopic (exact) mass is 415 g/mol. The number of methoxy groups -OCH3 is 1. The van der Waals surface area contributed by atoms with E-state index in [0.29, 0.717) is 36.6 Å². The van der Waals surface area contributed by atoms with E-state index in [1.807, 2.05) is 25.3 Å². The van der Waals surface area contributed by atoms with E-state index in [2.05, 4.69) is 0 Å². The molecular formula is C23H29NO6. The first-order chi connectivity index (χ1) is 14.4. The number of hydrogen-bond donors (Lipinski definition) is 0. The van der Waals surface area contributed by atoms with Crippen LogP contribution in [0.15, 0.2) is 30.3 Å². The highest BCUT2D eigenvalue weighted by Gasteiger charge is 2.18. The topological polar surface area (TPSA) is 83.8 Å². The van der Waals surface area contributed by atoms with E-state index in [-0.39, 0.29) is 31.0 Å². The number of benzene rings is 1. The van der Waals surface area contributed by atoms with Crippen LogP contribution >= 0.6 is 0 Å². The molecule has 1 aromatic heterocycles. The van der Waals surface area contributed by atoms with Crippen LogP contribution in [0.5, 0.6) is 5.75 Å². The fourth-order valence-electron chi connectivity index (χ4n) is 3.17. The fraction of sp³-hybridized carbons (Fsp3) is 0.435. The standard InChI is InChI=1S/C23H29NO6/c1-5-29-19-8-6-18(7-9-19)21(25)10-11-23(27)30-15-22(26)20-14-16(2)24(17(20)3)12-13-28-4/h6-9,14H,5,10-13,15H2,1-4H3. The molecule has 0 atom stereocenters. The number of hydrogen-bond acceptors (Lipinski definition) is 6. The first-order valence-corrected chi connectivity index (χ1v) is 9.97. The summed E-state index contributed by atoms with van der Waals surface area (Å²) in [6.45, 7) is 7.05. The van der Waals surface area contributed by atoms with Crippen molar-refractivity contribution in [2.24, 2.45) is 0 Å². The Kier molecular flexibility index (Phi) is 8.80. The number of aromatic nitrogens is 1. The molecule has 2 rings (SSSR count). The minimum atomic E-state index is -0.573. The minimum Gasteiger partial charge on any atom is -0.494 e. The summed E-state index contributed by atoms with van der Waals surface area (Å²) in [5.74, 6) is -0.314. The van der Waals surface area contributed by atoms with E-state index >= 15 is 0 Å². The lowest BCUT2D eigenvalue weighted by Crippen LogP contribution is -2.16. The van der Waals surface area contributed by atoms with Crippen molar-refractivity contribution in [1.82, 2.24) is 4.57 Å². The Morgan fingerprint density at radius 1 is 1.00 bits per heavy atom. The van der Waals surface area contributed by atoms with Crippen LogP contribution in [0, 0.1) is 13.8 Å². The Morgan fingerprint density at radius 2 is 1.70 bits per heavy atom. The molecule has 7 heteroatoms. The smallest absolute Gasteiger partial charge is 0.306 e.